The van der Waals surface area contributed by atoms with Crippen LogP contribution in [-0.4, -0.2) is 31.6 Å². The van der Waals surface area contributed by atoms with E-state index in [1.165, 1.54) is 0 Å². The van der Waals surface area contributed by atoms with E-state index in [0.717, 1.165) is 5.56 Å². The Labute approximate surface area is 117 Å². The molecule has 0 atom stereocenters. The molecule has 0 aliphatic heterocycles. The molecule has 0 heterocycles. The molecule has 0 unspecified atom stereocenters. The summed E-state index contributed by atoms with van der Waals surface area (Å²) in [6.07, 6.45) is 0. The van der Waals surface area contributed by atoms with Crippen molar-refractivity contribution in [2.75, 3.05) is 25.0 Å². The van der Waals surface area contributed by atoms with Crippen molar-refractivity contribution in [3.63, 3.8) is 0 Å². The maximum absolute atomic E-state index is 11.6. The second-order valence-electron chi connectivity index (χ2n) is 3.92. The first kappa shape index (κ1) is 15.5. The third-order valence-electron chi connectivity index (χ3n) is 2.33. The number of benzene rings is 1. The number of ether oxygens (including phenoxy) is 1. The van der Waals surface area contributed by atoms with Crippen molar-refractivity contribution in [3.05, 3.63) is 28.8 Å². The summed E-state index contributed by atoms with van der Waals surface area (Å²) in [6, 6.07) is 5.26. The Morgan fingerprint density at radius 1 is 1.32 bits per heavy atom. The van der Waals surface area contributed by atoms with Gasteiger partial charge in [0.05, 0.1) is 19.7 Å². The number of hydrogen-bond donors (Lipinski definition) is 2. The fraction of sp³-hybridized carbons (Fsp3) is 0.385. The molecular weight excluding hydrogens is 268 g/mol. The molecule has 104 valence electrons. The maximum Gasteiger partial charge on any atom is 0.319 e. The van der Waals surface area contributed by atoms with Gasteiger partial charge in [0.2, 0.25) is 5.91 Å². The molecular formula is C13H17ClN2O3. The van der Waals surface area contributed by atoms with Gasteiger partial charge in [0.25, 0.3) is 0 Å². The van der Waals surface area contributed by atoms with Gasteiger partial charge in [0.1, 0.15) is 0 Å². The first-order chi connectivity index (χ1) is 9.02. The average Bonchev–Trinajstić information content (AvgIpc) is 2.34. The van der Waals surface area contributed by atoms with E-state index in [1.54, 1.807) is 19.1 Å². The van der Waals surface area contributed by atoms with E-state index in [1.807, 2.05) is 13.0 Å². The van der Waals surface area contributed by atoms with Gasteiger partial charge in [-0.25, -0.2) is 0 Å². The predicted octanol–water partition coefficient (Wildman–Crippen LogP) is 1.74. The van der Waals surface area contributed by atoms with Gasteiger partial charge >= 0.3 is 5.97 Å². The monoisotopic (exact) mass is 284 g/mol. The van der Waals surface area contributed by atoms with Crippen LogP contribution in [-0.2, 0) is 14.3 Å². The highest BCUT2D eigenvalue weighted by atomic mass is 35.5. The van der Waals surface area contributed by atoms with Crippen molar-refractivity contribution in [1.29, 1.82) is 0 Å². The molecule has 0 fully saturated rings. The Hall–Kier alpha value is -1.59. The van der Waals surface area contributed by atoms with E-state index in [0.29, 0.717) is 17.3 Å². The number of carbonyl (C=O) groups is 2. The van der Waals surface area contributed by atoms with Gasteiger partial charge in [-0.3, -0.25) is 14.9 Å². The van der Waals surface area contributed by atoms with Crippen molar-refractivity contribution in [2.24, 2.45) is 0 Å². The standard InChI is InChI=1S/C13H17ClN2O3/c1-3-19-13(18)8-15-7-12(17)16-11-6-10(14)5-4-9(11)2/h4-6,15H,3,7-8H2,1-2H3,(H,16,17). The number of aryl methyl sites for hydroxylation is 1. The van der Waals surface area contributed by atoms with Gasteiger partial charge in [0.15, 0.2) is 0 Å². The minimum absolute atomic E-state index is 0.00971. The molecule has 6 heteroatoms. The Balaban J connectivity index is 2.39. The third kappa shape index (κ3) is 5.72. The highest BCUT2D eigenvalue weighted by Crippen LogP contribution is 2.19. The number of halogens is 1. The lowest BCUT2D eigenvalue weighted by atomic mass is 10.2. The smallest absolute Gasteiger partial charge is 0.319 e. The van der Waals surface area contributed by atoms with Crippen LogP contribution in [0.4, 0.5) is 5.69 Å². The zero-order valence-electron chi connectivity index (χ0n) is 11.0. The van der Waals surface area contributed by atoms with E-state index >= 15 is 0 Å². The van der Waals surface area contributed by atoms with E-state index < -0.39 is 0 Å². The molecule has 5 nitrogen and oxygen atoms in total. The summed E-state index contributed by atoms with van der Waals surface area (Å²) in [5.74, 6) is -0.621. The summed E-state index contributed by atoms with van der Waals surface area (Å²) >= 11 is 5.85. The lowest BCUT2D eigenvalue weighted by Gasteiger charge is -2.09. The van der Waals surface area contributed by atoms with Gasteiger partial charge < -0.3 is 10.1 Å². The SMILES string of the molecule is CCOC(=O)CNCC(=O)Nc1cc(Cl)ccc1C. The zero-order chi connectivity index (χ0) is 14.3. The highest BCUT2D eigenvalue weighted by Gasteiger charge is 2.07. The minimum Gasteiger partial charge on any atom is -0.465 e. The Bertz CT molecular complexity index is 463. The summed E-state index contributed by atoms with van der Waals surface area (Å²) < 4.78 is 4.73. The molecule has 0 aliphatic rings. The second kappa shape index (κ2) is 7.76. The van der Waals surface area contributed by atoms with Crippen LogP contribution in [0.25, 0.3) is 0 Å². The molecule has 1 rings (SSSR count). The summed E-state index contributed by atoms with van der Waals surface area (Å²) in [6.45, 7) is 3.97. The van der Waals surface area contributed by atoms with Crippen LogP contribution in [0.2, 0.25) is 5.02 Å². The highest BCUT2D eigenvalue weighted by molar-refractivity contribution is 6.31. The van der Waals surface area contributed by atoms with Gasteiger partial charge in [-0.1, -0.05) is 17.7 Å². The topological polar surface area (TPSA) is 67.4 Å². The molecule has 0 saturated heterocycles. The maximum atomic E-state index is 11.6. The van der Waals surface area contributed by atoms with Crippen molar-refractivity contribution in [3.8, 4) is 0 Å². The number of nitrogens with one attached hydrogen (secondary N) is 2. The van der Waals surface area contributed by atoms with Crippen molar-refractivity contribution in [2.45, 2.75) is 13.8 Å². The third-order valence-corrected chi connectivity index (χ3v) is 2.57. The van der Waals surface area contributed by atoms with Crippen LogP contribution >= 0.6 is 11.6 Å². The number of esters is 1. The van der Waals surface area contributed by atoms with Crippen LogP contribution in [0.1, 0.15) is 12.5 Å². The largest absolute Gasteiger partial charge is 0.465 e. The molecule has 2 N–H and O–H groups in total. The van der Waals surface area contributed by atoms with E-state index in [4.69, 9.17) is 16.3 Å². The van der Waals surface area contributed by atoms with Crippen molar-refractivity contribution in [1.82, 2.24) is 5.32 Å². The molecule has 0 aromatic heterocycles. The van der Waals surface area contributed by atoms with E-state index in [2.05, 4.69) is 10.6 Å². The van der Waals surface area contributed by atoms with E-state index in [-0.39, 0.29) is 25.0 Å². The number of hydrogen-bond acceptors (Lipinski definition) is 4. The molecule has 1 aromatic carbocycles. The Kier molecular flexibility index (Phi) is 6.32. The lowest BCUT2D eigenvalue weighted by Crippen LogP contribution is -2.32. The molecule has 0 aliphatic carbocycles. The Morgan fingerprint density at radius 3 is 2.74 bits per heavy atom. The number of anilines is 1. The molecule has 1 amide bonds. The first-order valence-electron chi connectivity index (χ1n) is 5.95. The van der Waals surface area contributed by atoms with Crippen molar-refractivity contribution < 1.29 is 14.3 Å². The Morgan fingerprint density at radius 2 is 2.05 bits per heavy atom. The number of carbonyl (C=O) groups excluding carboxylic acids is 2. The predicted molar refractivity (Wildman–Crippen MR) is 74.3 cm³/mol. The molecule has 19 heavy (non-hydrogen) atoms. The zero-order valence-corrected chi connectivity index (χ0v) is 11.7. The first-order valence-corrected chi connectivity index (χ1v) is 6.33. The average molecular weight is 285 g/mol. The van der Waals surface area contributed by atoms with Crippen LogP contribution in [0.15, 0.2) is 18.2 Å². The molecule has 0 bridgehead atoms. The second-order valence-corrected chi connectivity index (χ2v) is 4.35. The fourth-order valence-electron chi connectivity index (χ4n) is 1.41. The van der Waals surface area contributed by atoms with Crippen LogP contribution < -0.4 is 10.6 Å². The van der Waals surface area contributed by atoms with Gasteiger partial charge in [-0.2, -0.15) is 0 Å². The summed E-state index contributed by atoms with van der Waals surface area (Å²) in [4.78, 5) is 22.7. The van der Waals surface area contributed by atoms with E-state index in [9.17, 15) is 9.59 Å². The molecule has 0 radical (unpaired) electrons. The van der Waals surface area contributed by atoms with Crippen LogP contribution in [0.3, 0.4) is 0 Å². The van der Waals surface area contributed by atoms with Crippen LogP contribution in [0, 0.1) is 6.92 Å². The normalized spacial score (nSPS) is 10.1. The molecule has 1 aromatic rings. The minimum atomic E-state index is -0.380. The summed E-state index contributed by atoms with van der Waals surface area (Å²) in [5, 5.41) is 5.98. The number of rotatable bonds is 6. The van der Waals surface area contributed by atoms with Crippen molar-refractivity contribution >= 4 is 29.2 Å². The van der Waals surface area contributed by atoms with Gasteiger partial charge in [0, 0.05) is 10.7 Å². The quantitative estimate of drug-likeness (QED) is 0.781. The summed E-state index contributed by atoms with van der Waals surface area (Å²) in [5.41, 5.74) is 1.58. The van der Waals surface area contributed by atoms with Gasteiger partial charge in [-0.15, -0.1) is 0 Å². The summed E-state index contributed by atoms with van der Waals surface area (Å²) in [7, 11) is 0. The number of amides is 1. The van der Waals surface area contributed by atoms with Gasteiger partial charge in [-0.05, 0) is 31.5 Å². The molecule has 0 spiro atoms. The molecule has 0 saturated carbocycles. The lowest BCUT2D eigenvalue weighted by molar-refractivity contribution is -0.141. The fourth-order valence-corrected chi connectivity index (χ4v) is 1.59. The van der Waals surface area contributed by atoms with Crippen LogP contribution in [0.5, 0.6) is 0 Å².